The maximum atomic E-state index is 10.4. The first kappa shape index (κ1) is 12.7. The van der Waals surface area contributed by atoms with Crippen LogP contribution in [0.1, 0.15) is 0 Å². The van der Waals surface area contributed by atoms with Gasteiger partial charge < -0.3 is 19.6 Å². The highest BCUT2D eigenvalue weighted by Gasteiger charge is 2.27. The minimum atomic E-state index is -4.60. The standard InChI is InChI=1S/CH4O7P2S2/c2-1(11-9(3,4)5)12-10(6,7)8/h(H2,3,4,5)(H2,6,7,8). The summed E-state index contributed by atoms with van der Waals surface area (Å²) >= 11 is -0.836. The van der Waals surface area contributed by atoms with Crippen LogP contribution in [0.5, 0.6) is 0 Å². The van der Waals surface area contributed by atoms with Crippen molar-refractivity contribution < 1.29 is 33.5 Å². The summed E-state index contributed by atoms with van der Waals surface area (Å²) in [4.78, 5) is 43.1. The number of rotatable bonds is 2. The van der Waals surface area contributed by atoms with Crippen LogP contribution in [-0.2, 0) is 9.13 Å². The summed E-state index contributed by atoms with van der Waals surface area (Å²) in [5.74, 6) is 0. The van der Waals surface area contributed by atoms with Gasteiger partial charge in [-0.2, -0.15) is 0 Å². The molecule has 0 unspecified atom stereocenters. The molecule has 0 aliphatic rings. The first-order chi connectivity index (χ1) is 5.10. The highest BCUT2D eigenvalue weighted by atomic mass is 32.8. The molecule has 0 aliphatic heterocycles. The Balaban J connectivity index is 4.10. The van der Waals surface area contributed by atoms with Crippen molar-refractivity contribution in [2.75, 3.05) is 0 Å². The zero-order valence-corrected chi connectivity index (χ0v) is 8.65. The molecule has 0 aliphatic carbocycles. The second-order valence-corrected chi connectivity index (χ2v) is 8.69. The minimum absolute atomic E-state index is 0.418. The Morgan fingerprint density at radius 2 is 1.17 bits per heavy atom. The molecule has 72 valence electrons. The van der Waals surface area contributed by atoms with E-state index in [1.165, 1.54) is 0 Å². The Morgan fingerprint density at radius 3 is 1.33 bits per heavy atom. The normalized spacial score (nSPS) is 13.0. The molecule has 4 N–H and O–H groups in total. The Labute approximate surface area is 74.7 Å². The fourth-order valence-corrected chi connectivity index (χ4v) is 4.85. The zero-order valence-electron chi connectivity index (χ0n) is 5.22. The summed E-state index contributed by atoms with van der Waals surface area (Å²) in [7, 11) is 0. The molecule has 0 radical (unpaired) electrons. The van der Waals surface area contributed by atoms with E-state index in [1.54, 1.807) is 0 Å². The summed E-state index contributed by atoms with van der Waals surface area (Å²) in [5, 5.41) is 0. The molecule has 0 fully saturated rings. The largest absolute Gasteiger partial charge is 0.392 e. The van der Waals surface area contributed by atoms with Crippen LogP contribution in [0.15, 0.2) is 0 Å². The second-order valence-electron chi connectivity index (χ2n) is 1.41. The Morgan fingerprint density at radius 1 is 0.917 bits per heavy atom. The summed E-state index contributed by atoms with van der Waals surface area (Å²) < 4.78 is 18.9. The van der Waals surface area contributed by atoms with E-state index >= 15 is 0 Å². The maximum Gasteiger partial charge on any atom is 0.392 e. The van der Waals surface area contributed by atoms with Gasteiger partial charge in [-0.15, -0.1) is 0 Å². The van der Waals surface area contributed by atoms with Gasteiger partial charge in [-0.05, 0) is 0 Å². The first-order valence-corrected chi connectivity index (χ1v) is 8.21. The highest BCUT2D eigenvalue weighted by Crippen LogP contribution is 2.59. The molecule has 11 heteroatoms. The van der Waals surface area contributed by atoms with Gasteiger partial charge in [-0.25, -0.2) is 9.13 Å². The van der Waals surface area contributed by atoms with Gasteiger partial charge in [0, 0.05) is 22.8 Å². The molecule has 7 nitrogen and oxygen atoms in total. The summed E-state index contributed by atoms with van der Waals surface area (Å²) in [6.45, 7) is -9.21. The SMILES string of the molecule is O=C(SP(=O)(O)O)SP(=O)(O)O. The average molecular weight is 254 g/mol. The molecule has 0 saturated carbocycles. The van der Waals surface area contributed by atoms with Crippen molar-refractivity contribution in [3.05, 3.63) is 0 Å². The van der Waals surface area contributed by atoms with E-state index in [-0.39, 0.29) is 0 Å². The van der Waals surface area contributed by atoms with Crippen molar-refractivity contribution in [2.45, 2.75) is 0 Å². The zero-order chi connectivity index (χ0) is 9.99. The molecule has 0 bridgehead atoms. The first-order valence-electron chi connectivity index (χ1n) is 2.14. The molecule has 0 heterocycles. The number of hydrogen-bond acceptors (Lipinski definition) is 5. The van der Waals surface area contributed by atoms with E-state index in [0.29, 0.717) is 0 Å². The van der Waals surface area contributed by atoms with Crippen molar-refractivity contribution in [3.8, 4) is 0 Å². The third-order valence-electron chi connectivity index (χ3n) is 0.387. The van der Waals surface area contributed by atoms with E-state index in [4.69, 9.17) is 19.6 Å². The van der Waals surface area contributed by atoms with Gasteiger partial charge >= 0.3 is 13.6 Å². The van der Waals surface area contributed by atoms with Gasteiger partial charge in [0.05, 0.1) is 0 Å². The third kappa shape index (κ3) is 8.76. The van der Waals surface area contributed by atoms with Gasteiger partial charge in [0.2, 0.25) is 0 Å². The van der Waals surface area contributed by atoms with E-state index in [0.717, 1.165) is 0 Å². The smallest absolute Gasteiger partial charge is 0.316 e. The summed E-state index contributed by atoms with van der Waals surface area (Å²) in [6, 6.07) is 0. The Hall–Kier alpha value is 0.670. The van der Waals surface area contributed by atoms with Gasteiger partial charge in [-0.3, -0.25) is 4.79 Å². The predicted molar refractivity (Wildman–Crippen MR) is 44.7 cm³/mol. The van der Waals surface area contributed by atoms with Crippen LogP contribution >= 0.6 is 36.4 Å². The molecule has 0 atom stereocenters. The van der Waals surface area contributed by atoms with Crippen LogP contribution in [0.4, 0.5) is 4.79 Å². The van der Waals surface area contributed by atoms with Crippen LogP contribution in [0.2, 0.25) is 0 Å². The molecule has 12 heavy (non-hydrogen) atoms. The lowest BCUT2D eigenvalue weighted by Crippen LogP contribution is -1.81. The quantitative estimate of drug-likeness (QED) is 0.527. The van der Waals surface area contributed by atoms with Gasteiger partial charge in [0.25, 0.3) is 4.45 Å². The number of carbonyl (C=O) groups is 1. The third-order valence-corrected chi connectivity index (χ3v) is 4.82. The summed E-state index contributed by atoms with van der Waals surface area (Å²) in [5.41, 5.74) is 0. The summed E-state index contributed by atoms with van der Waals surface area (Å²) in [6.07, 6.45) is 0. The van der Waals surface area contributed by atoms with Crippen molar-refractivity contribution in [3.63, 3.8) is 0 Å². The molecule has 0 spiro atoms. The van der Waals surface area contributed by atoms with Crippen molar-refractivity contribution in [1.29, 1.82) is 0 Å². The van der Waals surface area contributed by atoms with E-state index in [9.17, 15) is 13.9 Å². The predicted octanol–water partition coefficient (Wildman–Crippen LogP) is 0.758. The van der Waals surface area contributed by atoms with E-state index < -0.39 is 40.8 Å². The van der Waals surface area contributed by atoms with Crippen LogP contribution in [0, 0.1) is 0 Å². The molecule has 0 amide bonds. The maximum absolute atomic E-state index is 10.4. The van der Waals surface area contributed by atoms with Gasteiger partial charge in [0.15, 0.2) is 0 Å². The average Bonchev–Trinajstić information content (AvgIpc) is 1.49. The van der Waals surface area contributed by atoms with Crippen LogP contribution in [-0.4, -0.2) is 24.0 Å². The fourth-order valence-electron chi connectivity index (χ4n) is 0.211. The van der Waals surface area contributed by atoms with E-state index in [1.807, 2.05) is 0 Å². The number of hydrogen-bond donors (Lipinski definition) is 4. The molecule has 0 saturated heterocycles. The fraction of sp³-hybridized carbons (Fsp3) is 0. The van der Waals surface area contributed by atoms with Crippen molar-refractivity contribution >= 4 is 40.8 Å². The lowest BCUT2D eigenvalue weighted by molar-refractivity contribution is 0.277. The molecule has 0 rings (SSSR count). The second kappa shape index (κ2) is 4.26. The Kier molecular flexibility index (Phi) is 4.49. The molecular formula is CH4O7P2S2. The molecular weight excluding hydrogens is 250 g/mol. The van der Waals surface area contributed by atoms with Crippen LogP contribution in [0.3, 0.4) is 0 Å². The van der Waals surface area contributed by atoms with Gasteiger partial charge in [-0.1, -0.05) is 0 Å². The van der Waals surface area contributed by atoms with E-state index in [2.05, 4.69) is 0 Å². The lowest BCUT2D eigenvalue weighted by Gasteiger charge is -2.01. The van der Waals surface area contributed by atoms with Crippen molar-refractivity contribution in [2.24, 2.45) is 0 Å². The van der Waals surface area contributed by atoms with Gasteiger partial charge in [0.1, 0.15) is 0 Å². The Bertz CT molecular complexity index is 235. The lowest BCUT2D eigenvalue weighted by atomic mass is 11.8. The molecule has 0 aromatic carbocycles. The van der Waals surface area contributed by atoms with Crippen LogP contribution < -0.4 is 0 Å². The molecule has 0 aromatic heterocycles. The van der Waals surface area contributed by atoms with Crippen molar-refractivity contribution in [1.82, 2.24) is 0 Å². The van der Waals surface area contributed by atoms with Crippen LogP contribution in [0.25, 0.3) is 0 Å². The number of carbonyl (C=O) groups excluding carboxylic acids is 1. The minimum Gasteiger partial charge on any atom is -0.316 e. The topological polar surface area (TPSA) is 132 Å². The highest BCUT2D eigenvalue weighted by molar-refractivity contribution is 8.78. The molecule has 0 aromatic rings. The monoisotopic (exact) mass is 254 g/mol.